The van der Waals surface area contributed by atoms with E-state index in [1.165, 1.54) is 4.70 Å². The Kier molecular flexibility index (Phi) is 4.92. The predicted octanol–water partition coefficient (Wildman–Crippen LogP) is 2.49. The molecule has 0 unspecified atom stereocenters. The third-order valence-corrected chi connectivity index (χ3v) is 6.50. The van der Waals surface area contributed by atoms with E-state index in [4.69, 9.17) is 0 Å². The van der Waals surface area contributed by atoms with Gasteiger partial charge in [0.15, 0.2) is 4.34 Å². The molecule has 0 aliphatic carbocycles. The van der Waals surface area contributed by atoms with Crippen molar-refractivity contribution in [1.82, 2.24) is 15.2 Å². The van der Waals surface area contributed by atoms with Gasteiger partial charge >= 0.3 is 0 Å². The first-order chi connectivity index (χ1) is 10.3. The van der Waals surface area contributed by atoms with Crippen molar-refractivity contribution in [2.24, 2.45) is 11.8 Å². The molecule has 2 aromatic rings. The van der Waals surface area contributed by atoms with Gasteiger partial charge in [-0.15, -0.1) is 23.7 Å². The molecule has 2 aliphatic heterocycles. The smallest absolute Gasteiger partial charge is 0.233 e. The second kappa shape index (κ2) is 6.74. The summed E-state index contributed by atoms with van der Waals surface area (Å²) in [6, 6.07) is 8.12. The van der Waals surface area contributed by atoms with Crippen LogP contribution in [-0.4, -0.2) is 47.7 Å². The van der Waals surface area contributed by atoms with Gasteiger partial charge in [0.25, 0.3) is 0 Å². The van der Waals surface area contributed by atoms with E-state index >= 15 is 0 Å². The van der Waals surface area contributed by atoms with Gasteiger partial charge in [0.1, 0.15) is 0 Å². The largest absolute Gasteiger partial charge is 0.341 e. The van der Waals surface area contributed by atoms with Crippen LogP contribution in [0.3, 0.4) is 0 Å². The van der Waals surface area contributed by atoms with E-state index in [2.05, 4.69) is 16.4 Å². The Bertz CT molecular complexity index is 633. The van der Waals surface area contributed by atoms with Crippen LogP contribution < -0.4 is 5.32 Å². The molecule has 118 valence electrons. The Morgan fingerprint density at radius 1 is 1.32 bits per heavy atom. The van der Waals surface area contributed by atoms with Crippen molar-refractivity contribution in [3.05, 3.63) is 24.3 Å². The van der Waals surface area contributed by atoms with Crippen molar-refractivity contribution < 1.29 is 4.79 Å². The maximum atomic E-state index is 12.3. The summed E-state index contributed by atoms with van der Waals surface area (Å²) in [5, 5.41) is 3.40. The van der Waals surface area contributed by atoms with Gasteiger partial charge in [0, 0.05) is 26.2 Å². The molecule has 3 heterocycles. The number of carbonyl (C=O) groups is 1. The number of rotatable bonds is 3. The second-order valence-corrected chi connectivity index (χ2v) is 7.97. The fourth-order valence-corrected chi connectivity index (χ4v) is 5.16. The first kappa shape index (κ1) is 16.1. The maximum absolute atomic E-state index is 12.3. The zero-order valence-electron chi connectivity index (χ0n) is 12.0. The van der Waals surface area contributed by atoms with Crippen LogP contribution in [0.2, 0.25) is 0 Å². The van der Waals surface area contributed by atoms with Crippen molar-refractivity contribution in [2.75, 3.05) is 31.9 Å². The van der Waals surface area contributed by atoms with Crippen LogP contribution in [0.5, 0.6) is 0 Å². The van der Waals surface area contributed by atoms with Crippen molar-refractivity contribution in [3.8, 4) is 0 Å². The standard InChI is InChI=1S/C15H17N3OS2.ClH/c19-14(18-7-10-5-16-6-11(10)8-18)9-20-15-17-12-3-1-2-4-13(12)21-15;/h1-4,10-11,16H,5-9H2;1H/t10-,11+;. The number of para-hydroxylation sites is 1. The average molecular weight is 356 g/mol. The third-order valence-electron chi connectivity index (χ3n) is 4.34. The Morgan fingerprint density at radius 3 is 2.77 bits per heavy atom. The Morgan fingerprint density at radius 2 is 2.05 bits per heavy atom. The molecule has 1 N–H and O–H groups in total. The Balaban J connectivity index is 0.00000144. The third kappa shape index (κ3) is 3.11. The number of thiazole rings is 1. The summed E-state index contributed by atoms with van der Waals surface area (Å²) < 4.78 is 2.18. The SMILES string of the molecule is Cl.O=C(CSc1nc2ccccc2s1)N1C[C@H]2CNC[C@H]2C1. The van der Waals surface area contributed by atoms with Gasteiger partial charge in [-0.1, -0.05) is 23.9 Å². The van der Waals surface area contributed by atoms with Gasteiger partial charge in [-0.2, -0.15) is 0 Å². The van der Waals surface area contributed by atoms with Crippen molar-refractivity contribution in [2.45, 2.75) is 4.34 Å². The topological polar surface area (TPSA) is 45.2 Å². The highest BCUT2D eigenvalue weighted by Gasteiger charge is 2.37. The van der Waals surface area contributed by atoms with Crippen molar-refractivity contribution in [1.29, 1.82) is 0 Å². The molecule has 1 aromatic carbocycles. The van der Waals surface area contributed by atoms with E-state index in [-0.39, 0.29) is 18.3 Å². The number of aromatic nitrogens is 1. The highest BCUT2D eigenvalue weighted by Crippen LogP contribution is 2.31. The molecule has 2 aliphatic rings. The minimum absolute atomic E-state index is 0. The van der Waals surface area contributed by atoms with Crippen LogP contribution in [0.1, 0.15) is 0 Å². The van der Waals surface area contributed by atoms with Gasteiger partial charge in [-0.25, -0.2) is 4.98 Å². The predicted molar refractivity (Wildman–Crippen MR) is 94.0 cm³/mol. The first-order valence-corrected chi connectivity index (χ1v) is 9.06. The summed E-state index contributed by atoms with van der Waals surface area (Å²) in [5.74, 6) is 2.10. The normalized spacial score (nSPS) is 23.5. The highest BCUT2D eigenvalue weighted by molar-refractivity contribution is 8.01. The lowest BCUT2D eigenvalue weighted by Gasteiger charge is -2.16. The molecule has 0 radical (unpaired) electrons. The van der Waals surface area contributed by atoms with Crippen LogP contribution in [0.15, 0.2) is 28.6 Å². The Hall–Kier alpha value is -0.820. The average Bonchev–Trinajstić information content (AvgIpc) is 3.17. The number of nitrogens with zero attached hydrogens (tertiary/aromatic N) is 2. The van der Waals surface area contributed by atoms with E-state index < -0.39 is 0 Å². The summed E-state index contributed by atoms with van der Waals surface area (Å²) in [5.41, 5.74) is 1.03. The summed E-state index contributed by atoms with van der Waals surface area (Å²) in [4.78, 5) is 18.9. The zero-order chi connectivity index (χ0) is 14.2. The molecule has 22 heavy (non-hydrogen) atoms. The lowest BCUT2D eigenvalue weighted by molar-refractivity contribution is -0.127. The number of hydrogen-bond acceptors (Lipinski definition) is 5. The molecule has 2 saturated heterocycles. The van der Waals surface area contributed by atoms with E-state index in [0.717, 1.165) is 36.0 Å². The van der Waals surface area contributed by atoms with Crippen LogP contribution >= 0.6 is 35.5 Å². The number of hydrogen-bond donors (Lipinski definition) is 1. The summed E-state index contributed by atoms with van der Waals surface area (Å²) in [7, 11) is 0. The molecule has 0 spiro atoms. The number of amides is 1. The molecule has 0 bridgehead atoms. The van der Waals surface area contributed by atoms with Crippen molar-refractivity contribution in [3.63, 3.8) is 0 Å². The lowest BCUT2D eigenvalue weighted by Crippen LogP contribution is -2.33. The molecule has 4 nitrogen and oxygen atoms in total. The molecule has 0 saturated carbocycles. The number of likely N-dealkylation sites (tertiary alicyclic amines) is 1. The van der Waals surface area contributed by atoms with E-state index in [1.807, 2.05) is 23.1 Å². The van der Waals surface area contributed by atoms with E-state index in [0.29, 0.717) is 17.6 Å². The van der Waals surface area contributed by atoms with Gasteiger partial charge < -0.3 is 10.2 Å². The van der Waals surface area contributed by atoms with Crippen molar-refractivity contribution >= 4 is 51.6 Å². The molecule has 4 rings (SSSR count). The van der Waals surface area contributed by atoms with E-state index in [9.17, 15) is 4.79 Å². The molecular weight excluding hydrogens is 338 g/mol. The monoisotopic (exact) mass is 355 g/mol. The molecular formula is C15H18ClN3OS2. The van der Waals surface area contributed by atoms with Crippen LogP contribution in [-0.2, 0) is 4.79 Å². The Labute approximate surface area is 144 Å². The van der Waals surface area contributed by atoms with Crippen LogP contribution in [0, 0.1) is 11.8 Å². The number of halogens is 1. The van der Waals surface area contributed by atoms with Gasteiger partial charge in [0.05, 0.1) is 16.0 Å². The summed E-state index contributed by atoms with van der Waals surface area (Å²) >= 11 is 3.24. The van der Waals surface area contributed by atoms with Gasteiger partial charge in [-0.05, 0) is 24.0 Å². The lowest BCUT2D eigenvalue weighted by atomic mass is 10.0. The van der Waals surface area contributed by atoms with E-state index in [1.54, 1.807) is 23.1 Å². The van der Waals surface area contributed by atoms with Crippen LogP contribution in [0.4, 0.5) is 0 Å². The number of nitrogens with one attached hydrogen (secondary N) is 1. The second-order valence-electron chi connectivity index (χ2n) is 5.71. The minimum atomic E-state index is 0. The first-order valence-electron chi connectivity index (χ1n) is 7.26. The molecule has 2 fully saturated rings. The molecule has 7 heteroatoms. The molecule has 1 aromatic heterocycles. The number of thioether (sulfide) groups is 1. The highest BCUT2D eigenvalue weighted by atomic mass is 35.5. The number of benzene rings is 1. The number of carbonyl (C=O) groups excluding carboxylic acids is 1. The molecule has 1 amide bonds. The fourth-order valence-electron chi connectivity index (χ4n) is 3.19. The number of fused-ring (bicyclic) bond motifs is 2. The maximum Gasteiger partial charge on any atom is 0.233 e. The van der Waals surface area contributed by atoms with Crippen LogP contribution in [0.25, 0.3) is 10.2 Å². The summed E-state index contributed by atoms with van der Waals surface area (Å²) in [6.45, 7) is 3.99. The molecule has 2 atom stereocenters. The fraction of sp³-hybridized carbons (Fsp3) is 0.467. The zero-order valence-corrected chi connectivity index (χ0v) is 14.5. The minimum Gasteiger partial charge on any atom is -0.341 e. The quantitative estimate of drug-likeness (QED) is 0.859. The summed E-state index contributed by atoms with van der Waals surface area (Å²) in [6.07, 6.45) is 0. The van der Waals surface area contributed by atoms with Gasteiger partial charge in [-0.3, -0.25) is 4.79 Å². The van der Waals surface area contributed by atoms with Gasteiger partial charge in [0.2, 0.25) is 5.91 Å².